The minimum absolute atomic E-state index is 0.209. The van der Waals surface area contributed by atoms with Gasteiger partial charge >= 0.3 is 0 Å². The highest BCUT2D eigenvalue weighted by Gasteiger charge is 2.23. The number of carbonyl (C=O) groups excluding carboxylic acids is 1. The van der Waals surface area contributed by atoms with Crippen molar-refractivity contribution in [1.82, 2.24) is 15.5 Å². The van der Waals surface area contributed by atoms with Crippen LogP contribution in [0.4, 0.5) is 0 Å². The molecular formula is C10H14BrN3O2. The van der Waals surface area contributed by atoms with Crippen molar-refractivity contribution in [2.24, 2.45) is 0 Å². The van der Waals surface area contributed by atoms with E-state index >= 15 is 0 Å². The molecule has 2 N–H and O–H groups in total. The molecule has 0 aliphatic carbocycles. The molecule has 0 bridgehead atoms. The van der Waals surface area contributed by atoms with E-state index in [2.05, 4.69) is 31.4 Å². The molecule has 0 spiro atoms. The van der Waals surface area contributed by atoms with Gasteiger partial charge in [0.25, 0.3) is 11.5 Å². The summed E-state index contributed by atoms with van der Waals surface area (Å²) in [5.41, 5.74) is -0.426. The summed E-state index contributed by atoms with van der Waals surface area (Å²) in [5, 5.41) is 9.41. The standard InChI is InChI=1S/C10H14BrN3O2/c1-3-10(2,6-11)12-9(16)7-4-5-8(15)14-13-7/h4-5H,3,6H2,1-2H3,(H,12,16)(H,14,15). The topological polar surface area (TPSA) is 74.8 Å². The molecule has 1 rings (SSSR count). The van der Waals surface area contributed by atoms with E-state index in [0.29, 0.717) is 5.33 Å². The number of nitrogens with one attached hydrogen (secondary N) is 2. The molecule has 0 aliphatic heterocycles. The van der Waals surface area contributed by atoms with Crippen molar-refractivity contribution < 1.29 is 4.79 Å². The van der Waals surface area contributed by atoms with Gasteiger partial charge in [0.05, 0.1) is 0 Å². The molecule has 88 valence electrons. The Bertz CT molecular complexity index is 406. The monoisotopic (exact) mass is 287 g/mol. The van der Waals surface area contributed by atoms with E-state index in [9.17, 15) is 9.59 Å². The number of alkyl halides is 1. The molecule has 0 radical (unpaired) electrons. The minimum atomic E-state index is -0.324. The third-order valence-electron chi connectivity index (χ3n) is 2.40. The van der Waals surface area contributed by atoms with Crippen molar-refractivity contribution >= 4 is 21.8 Å². The van der Waals surface area contributed by atoms with Crippen molar-refractivity contribution in [2.45, 2.75) is 25.8 Å². The lowest BCUT2D eigenvalue weighted by atomic mass is 10.0. The van der Waals surface area contributed by atoms with Crippen LogP contribution in [-0.2, 0) is 0 Å². The third kappa shape index (κ3) is 3.16. The first-order valence-corrected chi connectivity index (χ1v) is 6.07. The minimum Gasteiger partial charge on any atom is -0.345 e. The normalized spacial score (nSPS) is 14.2. The van der Waals surface area contributed by atoms with Crippen LogP contribution in [0.15, 0.2) is 16.9 Å². The first-order valence-electron chi connectivity index (χ1n) is 4.95. The fourth-order valence-electron chi connectivity index (χ4n) is 1.03. The van der Waals surface area contributed by atoms with Gasteiger partial charge in [0.1, 0.15) is 5.69 Å². The Kier molecular flexibility index (Phi) is 4.23. The second-order valence-electron chi connectivity index (χ2n) is 3.81. The van der Waals surface area contributed by atoms with E-state index in [1.54, 1.807) is 0 Å². The Balaban J connectivity index is 2.80. The van der Waals surface area contributed by atoms with E-state index < -0.39 is 0 Å². The lowest BCUT2D eigenvalue weighted by Crippen LogP contribution is -2.47. The number of H-pyrrole nitrogens is 1. The summed E-state index contributed by atoms with van der Waals surface area (Å²) in [6.07, 6.45) is 0.799. The van der Waals surface area contributed by atoms with Crippen molar-refractivity contribution in [1.29, 1.82) is 0 Å². The maximum Gasteiger partial charge on any atom is 0.272 e. The molecule has 1 aromatic rings. The SMILES string of the molecule is CCC(C)(CBr)NC(=O)c1ccc(=O)[nH]n1. The van der Waals surface area contributed by atoms with Crippen LogP contribution in [0.5, 0.6) is 0 Å². The van der Waals surface area contributed by atoms with Crippen molar-refractivity contribution in [3.8, 4) is 0 Å². The van der Waals surface area contributed by atoms with Crippen LogP contribution in [0, 0.1) is 0 Å². The molecule has 0 saturated heterocycles. The summed E-state index contributed by atoms with van der Waals surface area (Å²) in [7, 11) is 0. The van der Waals surface area contributed by atoms with Gasteiger partial charge in [0.2, 0.25) is 0 Å². The van der Waals surface area contributed by atoms with Gasteiger partial charge in [0, 0.05) is 16.9 Å². The van der Waals surface area contributed by atoms with Gasteiger partial charge in [-0.15, -0.1) is 0 Å². The van der Waals surface area contributed by atoms with Gasteiger partial charge in [-0.1, -0.05) is 22.9 Å². The van der Waals surface area contributed by atoms with Crippen LogP contribution in [-0.4, -0.2) is 27.0 Å². The number of carbonyl (C=O) groups is 1. The zero-order valence-corrected chi connectivity index (χ0v) is 10.8. The highest BCUT2D eigenvalue weighted by molar-refractivity contribution is 9.09. The van der Waals surface area contributed by atoms with Crippen molar-refractivity contribution in [3.63, 3.8) is 0 Å². The van der Waals surface area contributed by atoms with Crippen molar-refractivity contribution in [2.75, 3.05) is 5.33 Å². The van der Waals surface area contributed by atoms with Crippen molar-refractivity contribution in [3.05, 3.63) is 28.2 Å². The first-order chi connectivity index (χ1) is 7.50. The highest BCUT2D eigenvalue weighted by atomic mass is 79.9. The van der Waals surface area contributed by atoms with Gasteiger partial charge in [0.15, 0.2) is 0 Å². The molecule has 6 heteroatoms. The number of nitrogens with zero attached hydrogens (tertiary/aromatic N) is 1. The molecule has 0 saturated carbocycles. The van der Waals surface area contributed by atoms with E-state index in [-0.39, 0.29) is 22.7 Å². The molecule has 1 heterocycles. The predicted molar refractivity (Wildman–Crippen MR) is 64.8 cm³/mol. The average Bonchev–Trinajstić information content (AvgIpc) is 2.29. The lowest BCUT2D eigenvalue weighted by Gasteiger charge is -2.26. The van der Waals surface area contributed by atoms with E-state index in [4.69, 9.17) is 0 Å². The molecule has 0 fully saturated rings. The highest BCUT2D eigenvalue weighted by Crippen LogP contribution is 2.12. The van der Waals surface area contributed by atoms with E-state index in [1.165, 1.54) is 12.1 Å². The fourth-order valence-corrected chi connectivity index (χ4v) is 1.56. The van der Waals surface area contributed by atoms with Gasteiger partial charge in [-0.3, -0.25) is 9.59 Å². The summed E-state index contributed by atoms with van der Waals surface area (Å²) in [5.74, 6) is -0.292. The largest absolute Gasteiger partial charge is 0.345 e. The summed E-state index contributed by atoms with van der Waals surface area (Å²) in [6, 6.07) is 2.68. The van der Waals surface area contributed by atoms with Gasteiger partial charge in [-0.05, 0) is 19.4 Å². The number of halogens is 1. The predicted octanol–water partition coefficient (Wildman–Crippen LogP) is 1.06. The number of hydrogen-bond acceptors (Lipinski definition) is 3. The Morgan fingerprint density at radius 3 is 2.75 bits per heavy atom. The molecule has 0 aliphatic rings. The molecular weight excluding hydrogens is 274 g/mol. The lowest BCUT2D eigenvalue weighted by molar-refractivity contribution is 0.0907. The maximum atomic E-state index is 11.8. The average molecular weight is 288 g/mol. The molecule has 5 nitrogen and oxygen atoms in total. The number of aromatic nitrogens is 2. The molecule has 1 aromatic heterocycles. The Hall–Kier alpha value is -1.17. The fraction of sp³-hybridized carbons (Fsp3) is 0.500. The molecule has 16 heavy (non-hydrogen) atoms. The molecule has 1 atom stereocenters. The third-order valence-corrected chi connectivity index (χ3v) is 3.64. The Morgan fingerprint density at radius 2 is 2.31 bits per heavy atom. The molecule has 1 amide bonds. The number of amides is 1. The number of hydrogen-bond donors (Lipinski definition) is 2. The zero-order valence-electron chi connectivity index (χ0n) is 9.21. The summed E-state index contributed by atoms with van der Waals surface area (Å²) in [6.45, 7) is 3.92. The van der Waals surface area contributed by atoms with Crippen LogP contribution in [0.3, 0.4) is 0 Å². The second-order valence-corrected chi connectivity index (χ2v) is 4.37. The maximum absolute atomic E-state index is 11.8. The van der Waals surface area contributed by atoms with Gasteiger partial charge in [-0.2, -0.15) is 5.10 Å². The second kappa shape index (κ2) is 5.25. The van der Waals surface area contributed by atoms with Crippen LogP contribution >= 0.6 is 15.9 Å². The van der Waals surface area contributed by atoms with E-state index in [0.717, 1.165) is 6.42 Å². The summed E-state index contributed by atoms with van der Waals surface area (Å²) >= 11 is 3.35. The smallest absolute Gasteiger partial charge is 0.272 e. The number of rotatable bonds is 4. The zero-order chi connectivity index (χ0) is 12.2. The Morgan fingerprint density at radius 1 is 1.62 bits per heavy atom. The quantitative estimate of drug-likeness (QED) is 0.814. The Labute approximate surface area is 102 Å². The summed E-state index contributed by atoms with van der Waals surface area (Å²) < 4.78 is 0. The van der Waals surface area contributed by atoms with E-state index in [1.807, 2.05) is 13.8 Å². The molecule has 0 aromatic carbocycles. The summed E-state index contributed by atoms with van der Waals surface area (Å²) in [4.78, 5) is 22.6. The van der Waals surface area contributed by atoms with Crippen LogP contribution in [0.2, 0.25) is 0 Å². The molecule has 1 unspecified atom stereocenters. The first kappa shape index (κ1) is 12.9. The van der Waals surface area contributed by atoms with Crippen LogP contribution < -0.4 is 10.9 Å². The van der Waals surface area contributed by atoms with Crippen LogP contribution in [0.25, 0.3) is 0 Å². The van der Waals surface area contributed by atoms with Gasteiger partial charge in [-0.25, -0.2) is 5.10 Å². The van der Waals surface area contributed by atoms with Gasteiger partial charge < -0.3 is 5.32 Å². The van der Waals surface area contributed by atoms with Crippen LogP contribution in [0.1, 0.15) is 30.8 Å². The number of aromatic amines is 1.